The van der Waals surface area contributed by atoms with Crippen LogP contribution in [0.2, 0.25) is 0 Å². The highest BCUT2D eigenvalue weighted by Gasteiger charge is 2.47. The van der Waals surface area contributed by atoms with Gasteiger partial charge in [0.2, 0.25) is 5.91 Å². The van der Waals surface area contributed by atoms with Crippen molar-refractivity contribution in [3.05, 3.63) is 71.3 Å². The SMILES string of the molecule is CC(CNC(=O)C1CC1c1c(F)cccc1F)(C(=O)O)c1ccccc1. The normalized spacial score (nSPS) is 20.9. The van der Waals surface area contributed by atoms with E-state index in [1.165, 1.54) is 25.1 Å². The first-order chi connectivity index (χ1) is 12.3. The summed E-state index contributed by atoms with van der Waals surface area (Å²) in [6.07, 6.45) is 0.346. The minimum absolute atomic E-state index is 0.0725. The molecule has 6 heteroatoms. The largest absolute Gasteiger partial charge is 0.481 e. The maximum absolute atomic E-state index is 13.8. The summed E-state index contributed by atoms with van der Waals surface area (Å²) in [7, 11) is 0. The van der Waals surface area contributed by atoms with Crippen LogP contribution in [0.4, 0.5) is 8.78 Å². The average Bonchev–Trinajstić information content (AvgIpc) is 3.40. The lowest BCUT2D eigenvalue weighted by Gasteiger charge is -2.25. The highest BCUT2D eigenvalue weighted by atomic mass is 19.1. The van der Waals surface area contributed by atoms with E-state index in [4.69, 9.17) is 0 Å². The van der Waals surface area contributed by atoms with Gasteiger partial charge in [-0.2, -0.15) is 0 Å². The van der Waals surface area contributed by atoms with Crippen LogP contribution in [0.3, 0.4) is 0 Å². The van der Waals surface area contributed by atoms with Gasteiger partial charge in [0, 0.05) is 23.9 Å². The smallest absolute Gasteiger partial charge is 0.315 e. The first-order valence-corrected chi connectivity index (χ1v) is 8.35. The molecule has 0 saturated heterocycles. The molecule has 2 aromatic rings. The van der Waals surface area contributed by atoms with Crippen LogP contribution in [-0.4, -0.2) is 23.5 Å². The Labute approximate surface area is 149 Å². The highest BCUT2D eigenvalue weighted by molar-refractivity contribution is 5.85. The van der Waals surface area contributed by atoms with Crippen molar-refractivity contribution >= 4 is 11.9 Å². The maximum atomic E-state index is 13.8. The van der Waals surface area contributed by atoms with Crippen LogP contribution in [0.1, 0.15) is 30.4 Å². The van der Waals surface area contributed by atoms with Gasteiger partial charge in [-0.15, -0.1) is 0 Å². The average molecular weight is 359 g/mol. The van der Waals surface area contributed by atoms with Crippen molar-refractivity contribution in [2.45, 2.75) is 24.7 Å². The van der Waals surface area contributed by atoms with Crippen LogP contribution in [-0.2, 0) is 15.0 Å². The zero-order chi connectivity index (χ0) is 18.9. The van der Waals surface area contributed by atoms with Crippen molar-refractivity contribution in [2.24, 2.45) is 5.92 Å². The van der Waals surface area contributed by atoms with Gasteiger partial charge in [-0.1, -0.05) is 36.4 Å². The summed E-state index contributed by atoms with van der Waals surface area (Å²) in [5.74, 6) is -3.83. The lowest BCUT2D eigenvalue weighted by Crippen LogP contribution is -2.44. The molecule has 1 saturated carbocycles. The van der Waals surface area contributed by atoms with Crippen LogP contribution in [0.25, 0.3) is 0 Å². The van der Waals surface area contributed by atoms with Crippen molar-refractivity contribution < 1.29 is 23.5 Å². The predicted molar refractivity (Wildman–Crippen MR) is 91.6 cm³/mol. The molecule has 3 atom stereocenters. The molecular weight excluding hydrogens is 340 g/mol. The highest BCUT2D eigenvalue weighted by Crippen LogP contribution is 2.49. The number of carbonyl (C=O) groups excluding carboxylic acids is 1. The summed E-state index contributed by atoms with van der Waals surface area (Å²) in [6.45, 7) is 1.43. The van der Waals surface area contributed by atoms with Gasteiger partial charge in [-0.05, 0) is 31.0 Å². The van der Waals surface area contributed by atoms with E-state index in [1.54, 1.807) is 30.3 Å². The van der Waals surface area contributed by atoms with Crippen molar-refractivity contribution in [3.63, 3.8) is 0 Å². The van der Waals surface area contributed by atoms with Crippen LogP contribution in [0, 0.1) is 17.6 Å². The number of halogens is 2. The molecule has 1 fully saturated rings. The Morgan fingerprint density at radius 2 is 1.73 bits per heavy atom. The number of hydrogen-bond donors (Lipinski definition) is 2. The van der Waals surface area contributed by atoms with E-state index < -0.39 is 34.9 Å². The van der Waals surface area contributed by atoms with E-state index in [2.05, 4.69) is 5.32 Å². The van der Waals surface area contributed by atoms with Gasteiger partial charge in [0.05, 0.1) is 0 Å². The Balaban J connectivity index is 1.69. The zero-order valence-electron chi connectivity index (χ0n) is 14.2. The number of nitrogens with one attached hydrogen (secondary N) is 1. The number of carboxylic acid groups (broad SMARTS) is 1. The Bertz CT molecular complexity index is 820. The summed E-state index contributed by atoms with van der Waals surface area (Å²) >= 11 is 0. The number of carboxylic acids is 1. The van der Waals surface area contributed by atoms with E-state index in [9.17, 15) is 23.5 Å². The molecular formula is C20H19F2NO3. The maximum Gasteiger partial charge on any atom is 0.315 e. The number of hydrogen-bond acceptors (Lipinski definition) is 2. The van der Waals surface area contributed by atoms with Gasteiger partial charge in [-0.3, -0.25) is 9.59 Å². The lowest BCUT2D eigenvalue weighted by molar-refractivity contribution is -0.143. The third kappa shape index (κ3) is 3.31. The van der Waals surface area contributed by atoms with Crippen LogP contribution >= 0.6 is 0 Å². The molecule has 2 N–H and O–H groups in total. The Morgan fingerprint density at radius 1 is 1.12 bits per heavy atom. The molecule has 1 aliphatic rings. The summed E-state index contributed by atoms with van der Waals surface area (Å²) in [4.78, 5) is 24.1. The van der Waals surface area contributed by atoms with E-state index in [0.717, 1.165) is 0 Å². The number of aliphatic carboxylic acids is 1. The Hall–Kier alpha value is -2.76. The molecule has 0 bridgehead atoms. The number of rotatable bonds is 6. The molecule has 2 aromatic carbocycles. The first kappa shape index (κ1) is 18.0. The van der Waals surface area contributed by atoms with Crippen LogP contribution in [0.5, 0.6) is 0 Å². The summed E-state index contributed by atoms with van der Waals surface area (Å²) < 4.78 is 27.7. The van der Waals surface area contributed by atoms with E-state index in [0.29, 0.717) is 12.0 Å². The number of benzene rings is 2. The molecule has 0 spiro atoms. The summed E-state index contributed by atoms with van der Waals surface area (Å²) in [6, 6.07) is 12.2. The van der Waals surface area contributed by atoms with E-state index in [-0.39, 0.29) is 18.0 Å². The molecule has 3 unspecified atom stereocenters. The molecule has 0 radical (unpaired) electrons. The molecule has 3 rings (SSSR count). The van der Waals surface area contributed by atoms with Crippen molar-refractivity contribution in [1.82, 2.24) is 5.32 Å². The van der Waals surface area contributed by atoms with Crippen molar-refractivity contribution in [1.29, 1.82) is 0 Å². The fourth-order valence-corrected chi connectivity index (χ4v) is 3.17. The van der Waals surface area contributed by atoms with Crippen molar-refractivity contribution in [3.8, 4) is 0 Å². The minimum atomic E-state index is -1.29. The van der Waals surface area contributed by atoms with Crippen LogP contribution < -0.4 is 5.32 Å². The fourth-order valence-electron chi connectivity index (χ4n) is 3.17. The second kappa shape index (κ2) is 6.86. The molecule has 26 heavy (non-hydrogen) atoms. The topological polar surface area (TPSA) is 66.4 Å². The van der Waals surface area contributed by atoms with E-state index >= 15 is 0 Å². The van der Waals surface area contributed by atoms with E-state index in [1.807, 2.05) is 0 Å². The standard InChI is InChI=1S/C20H19F2NO3/c1-20(19(25)26,12-6-3-2-4-7-12)11-23-18(24)14-10-13(14)17-15(21)8-5-9-16(17)22/h2-9,13-14H,10-11H2,1H3,(H,23,24)(H,25,26). The molecule has 0 heterocycles. The molecule has 4 nitrogen and oxygen atoms in total. The second-order valence-electron chi connectivity index (χ2n) is 6.81. The van der Waals surface area contributed by atoms with Crippen molar-refractivity contribution in [2.75, 3.05) is 6.54 Å². The van der Waals surface area contributed by atoms with Gasteiger partial charge in [0.25, 0.3) is 0 Å². The summed E-state index contributed by atoms with van der Waals surface area (Å²) in [5.41, 5.74) is -0.790. The van der Waals surface area contributed by atoms with Gasteiger partial charge in [0.15, 0.2) is 0 Å². The molecule has 0 aliphatic heterocycles. The lowest BCUT2D eigenvalue weighted by atomic mass is 9.82. The quantitative estimate of drug-likeness (QED) is 0.832. The minimum Gasteiger partial charge on any atom is -0.481 e. The molecule has 136 valence electrons. The summed E-state index contributed by atoms with van der Waals surface area (Å²) in [5, 5.41) is 12.2. The number of amides is 1. The van der Waals surface area contributed by atoms with Gasteiger partial charge in [-0.25, -0.2) is 8.78 Å². The Morgan fingerprint density at radius 3 is 2.31 bits per heavy atom. The predicted octanol–water partition coefficient (Wildman–Crippen LogP) is 3.23. The van der Waals surface area contributed by atoms with Gasteiger partial charge >= 0.3 is 5.97 Å². The monoisotopic (exact) mass is 359 g/mol. The molecule has 1 amide bonds. The third-order valence-electron chi connectivity index (χ3n) is 5.00. The number of carbonyl (C=O) groups is 2. The second-order valence-corrected chi connectivity index (χ2v) is 6.81. The van der Waals surface area contributed by atoms with Gasteiger partial charge in [0.1, 0.15) is 17.0 Å². The first-order valence-electron chi connectivity index (χ1n) is 8.35. The molecule has 0 aromatic heterocycles. The fraction of sp³-hybridized carbons (Fsp3) is 0.300. The zero-order valence-corrected chi connectivity index (χ0v) is 14.2. The van der Waals surface area contributed by atoms with Crippen LogP contribution in [0.15, 0.2) is 48.5 Å². The van der Waals surface area contributed by atoms with Gasteiger partial charge < -0.3 is 10.4 Å². The Kier molecular flexibility index (Phi) is 4.76. The third-order valence-corrected chi connectivity index (χ3v) is 5.00. The molecule has 1 aliphatic carbocycles.